The highest BCUT2D eigenvalue weighted by atomic mass is 19.1. The molecule has 0 aliphatic rings. The molecule has 0 saturated carbocycles. The summed E-state index contributed by atoms with van der Waals surface area (Å²) in [5.41, 5.74) is 0.607. The molecule has 1 atom stereocenters. The molecular weight excluding hydrogens is 315 g/mol. The Morgan fingerprint density at radius 2 is 1.88 bits per heavy atom. The summed E-state index contributed by atoms with van der Waals surface area (Å²) in [6.45, 7) is 4.06. The molecular formula is C17H23FN2O4. The van der Waals surface area contributed by atoms with Crippen molar-refractivity contribution in [2.75, 3.05) is 6.54 Å². The maximum Gasteiger partial charge on any atom is 0.330 e. The van der Waals surface area contributed by atoms with E-state index in [1.807, 2.05) is 6.92 Å². The molecule has 0 bridgehead atoms. The van der Waals surface area contributed by atoms with Crippen LogP contribution in [-0.2, 0) is 14.4 Å². The van der Waals surface area contributed by atoms with E-state index in [1.54, 1.807) is 0 Å². The number of carboxylic acids is 1. The molecule has 24 heavy (non-hydrogen) atoms. The summed E-state index contributed by atoms with van der Waals surface area (Å²) in [6, 6.07) is 2.66. The van der Waals surface area contributed by atoms with E-state index in [0.717, 1.165) is 6.42 Å². The lowest BCUT2D eigenvalue weighted by Crippen LogP contribution is -2.34. The Bertz CT molecular complexity index is 604. The van der Waals surface area contributed by atoms with Crippen molar-refractivity contribution in [2.24, 2.45) is 0 Å². The molecule has 0 heterocycles. The second kappa shape index (κ2) is 9.64. The molecule has 6 nitrogen and oxygen atoms in total. The van der Waals surface area contributed by atoms with Crippen molar-refractivity contribution in [1.29, 1.82) is 0 Å². The first kappa shape index (κ1) is 19.6. The zero-order valence-electron chi connectivity index (χ0n) is 13.9. The highest BCUT2D eigenvalue weighted by Crippen LogP contribution is 2.17. The SMILES string of the molecule is CCCNC(=O)CCCC(=O)NC(C(=O)O)c1ccc(F)c(C)c1. The minimum absolute atomic E-state index is 0.0451. The van der Waals surface area contributed by atoms with Crippen molar-refractivity contribution in [3.8, 4) is 0 Å². The van der Waals surface area contributed by atoms with Crippen LogP contribution in [0.1, 0.15) is 49.8 Å². The third-order valence-corrected chi connectivity index (χ3v) is 3.45. The van der Waals surface area contributed by atoms with Crippen molar-refractivity contribution in [3.63, 3.8) is 0 Å². The van der Waals surface area contributed by atoms with Crippen molar-refractivity contribution in [3.05, 3.63) is 35.1 Å². The van der Waals surface area contributed by atoms with Gasteiger partial charge in [-0.2, -0.15) is 0 Å². The van der Waals surface area contributed by atoms with Crippen molar-refractivity contribution in [2.45, 2.75) is 45.6 Å². The molecule has 0 fully saturated rings. The van der Waals surface area contributed by atoms with Gasteiger partial charge in [0.05, 0.1) is 0 Å². The summed E-state index contributed by atoms with van der Waals surface area (Å²) in [5, 5.41) is 14.4. The van der Waals surface area contributed by atoms with E-state index in [9.17, 15) is 23.9 Å². The predicted molar refractivity (Wildman–Crippen MR) is 86.8 cm³/mol. The molecule has 3 N–H and O–H groups in total. The maximum absolute atomic E-state index is 13.3. The van der Waals surface area contributed by atoms with Gasteiger partial charge in [-0.25, -0.2) is 9.18 Å². The standard InChI is InChI=1S/C17H23FN2O4/c1-3-9-19-14(21)5-4-6-15(22)20-16(17(23)24)12-7-8-13(18)11(2)10-12/h7-8,10,16H,3-6,9H2,1-2H3,(H,19,21)(H,20,22)(H,23,24). The van der Waals surface area contributed by atoms with Gasteiger partial charge >= 0.3 is 5.97 Å². The van der Waals surface area contributed by atoms with Crippen LogP contribution in [0.4, 0.5) is 4.39 Å². The van der Waals surface area contributed by atoms with Gasteiger partial charge in [0.1, 0.15) is 5.82 Å². The minimum atomic E-state index is -1.24. The average Bonchev–Trinajstić information content (AvgIpc) is 2.53. The van der Waals surface area contributed by atoms with Crippen LogP contribution in [-0.4, -0.2) is 29.4 Å². The lowest BCUT2D eigenvalue weighted by molar-refractivity contribution is -0.142. The molecule has 132 valence electrons. The largest absolute Gasteiger partial charge is 0.479 e. The van der Waals surface area contributed by atoms with Gasteiger partial charge in [-0.15, -0.1) is 0 Å². The third kappa shape index (κ3) is 6.36. The molecule has 1 aromatic rings. The number of benzene rings is 1. The van der Waals surface area contributed by atoms with E-state index in [2.05, 4.69) is 10.6 Å². The molecule has 0 spiro atoms. The molecule has 0 saturated heterocycles. The number of halogens is 1. The van der Waals surface area contributed by atoms with E-state index < -0.39 is 23.7 Å². The molecule has 0 aromatic heterocycles. The quantitative estimate of drug-likeness (QED) is 0.642. The lowest BCUT2D eigenvalue weighted by Gasteiger charge is -2.15. The fraction of sp³-hybridized carbons (Fsp3) is 0.471. The first-order chi connectivity index (χ1) is 11.3. The monoisotopic (exact) mass is 338 g/mol. The Hall–Kier alpha value is -2.44. The summed E-state index contributed by atoms with van der Waals surface area (Å²) < 4.78 is 13.3. The highest BCUT2D eigenvalue weighted by Gasteiger charge is 2.22. The number of carbonyl (C=O) groups excluding carboxylic acids is 2. The van der Waals surface area contributed by atoms with E-state index >= 15 is 0 Å². The van der Waals surface area contributed by atoms with Crippen LogP contribution >= 0.6 is 0 Å². The van der Waals surface area contributed by atoms with Gasteiger partial charge in [-0.05, 0) is 37.0 Å². The highest BCUT2D eigenvalue weighted by molar-refractivity contribution is 5.85. The zero-order valence-corrected chi connectivity index (χ0v) is 13.9. The Morgan fingerprint density at radius 1 is 1.21 bits per heavy atom. The van der Waals surface area contributed by atoms with Gasteiger partial charge in [0.15, 0.2) is 6.04 Å². The Kier molecular flexibility index (Phi) is 7.88. The van der Waals surface area contributed by atoms with Crippen LogP contribution in [0.3, 0.4) is 0 Å². The van der Waals surface area contributed by atoms with Gasteiger partial charge in [0, 0.05) is 19.4 Å². The third-order valence-electron chi connectivity index (χ3n) is 3.45. The van der Waals surface area contributed by atoms with E-state index in [1.165, 1.54) is 25.1 Å². The number of amides is 2. The van der Waals surface area contributed by atoms with Crippen LogP contribution in [0, 0.1) is 12.7 Å². The van der Waals surface area contributed by atoms with Gasteiger partial charge in [-0.3, -0.25) is 9.59 Å². The molecule has 2 amide bonds. The Labute approximate surface area is 140 Å². The smallest absolute Gasteiger partial charge is 0.330 e. The predicted octanol–water partition coefficient (Wildman–Crippen LogP) is 2.07. The number of hydrogen-bond acceptors (Lipinski definition) is 3. The number of carbonyl (C=O) groups is 3. The van der Waals surface area contributed by atoms with Crippen LogP contribution in [0.15, 0.2) is 18.2 Å². The molecule has 7 heteroatoms. The normalized spacial score (nSPS) is 11.6. The molecule has 1 rings (SSSR count). The number of carboxylic acid groups (broad SMARTS) is 1. The fourth-order valence-corrected chi connectivity index (χ4v) is 2.13. The van der Waals surface area contributed by atoms with Crippen LogP contribution in [0.25, 0.3) is 0 Å². The summed E-state index contributed by atoms with van der Waals surface area (Å²) in [4.78, 5) is 34.7. The Balaban J connectivity index is 2.56. The molecule has 0 radical (unpaired) electrons. The first-order valence-electron chi connectivity index (χ1n) is 7.90. The summed E-state index contributed by atoms with van der Waals surface area (Å²) in [7, 11) is 0. The molecule has 0 aliphatic carbocycles. The second-order valence-corrected chi connectivity index (χ2v) is 5.55. The van der Waals surface area contributed by atoms with Crippen molar-refractivity contribution < 1.29 is 23.9 Å². The van der Waals surface area contributed by atoms with Gasteiger partial charge in [0.25, 0.3) is 0 Å². The van der Waals surface area contributed by atoms with E-state index in [0.29, 0.717) is 24.1 Å². The first-order valence-corrected chi connectivity index (χ1v) is 7.90. The molecule has 0 aliphatic heterocycles. The minimum Gasteiger partial charge on any atom is -0.479 e. The molecule has 1 aromatic carbocycles. The van der Waals surface area contributed by atoms with Crippen molar-refractivity contribution in [1.82, 2.24) is 10.6 Å². The number of nitrogens with one attached hydrogen (secondary N) is 2. The van der Waals surface area contributed by atoms with Crippen LogP contribution in [0.2, 0.25) is 0 Å². The van der Waals surface area contributed by atoms with Gasteiger partial charge in [-0.1, -0.05) is 19.1 Å². The van der Waals surface area contributed by atoms with Crippen LogP contribution < -0.4 is 10.6 Å². The lowest BCUT2D eigenvalue weighted by atomic mass is 10.0. The zero-order chi connectivity index (χ0) is 18.1. The fourth-order valence-electron chi connectivity index (χ4n) is 2.13. The number of hydrogen-bond donors (Lipinski definition) is 3. The average molecular weight is 338 g/mol. The summed E-state index contributed by atoms with van der Waals surface area (Å²) in [5.74, 6) is -2.26. The van der Waals surface area contributed by atoms with E-state index in [-0.39, 0.29) is 18.7 Å². The number of rotatable bonds is 9. The topological polar surface area (TPSA) is 95.5 Å². The van der Waals surface area contributed by atoms with Crippen LogP contribution in [0.5, 0.6) is 0 Å². The summed E-state index contributed by atoms with van der Waals surface area (Å²) >= 11 is 0. The maximum atomic E-state index is 13.3. The number of aliphatic carboxylic acids is 1. The Morgan fingerprint density at radius 3 is 2.46 bits per heavy atom. The van der Waals surface area contributed by atoms with Crippen molar-refractivity contribution >= 4 is 17.8 Å². The number of aryl methyl sites for hydroxylation is 1. The van der Waals surface area contributed by atoms with E-state index in [4.69, 9.17) is 0 Å². The molecule has 1 unspecified atom stereocenters. The van der Waals surface area contributed by atoms with Gasteiger partial charge in [0.2, 0.25) is 11.8 Å². The van der Waals surface area contributed by atoms with Gasteiger partial charge < -0.3 is 15.7 Å². The second-order valence-electron chi connectivity index (χ2n) is 5.55. The summed E-state index contributed by atoms with van der Waals surface area (Å²) in [6.07, 6.45) is 1.42.